The van der Waals surface area contributed by atoms with Gasteiger partial charge in [0.05, 0.1) is 13.7 Å². The SMILES string of the molecule is CCOC(=O)[C@H](O)c1c[nH]c2cc(OC)ccc12. The van der Waals surface area contributed by atoms with Crippen LogP contribution in [0.2, 0.25) is 0 Å². The lowest BCUT2D eigenvalue weighted by Crippen LogP contribution is -2.14. The van der Waals surface area contributed by atoms with Crippen molar-refractivity contribution in [3.63, 3.8) is 0 Å². The van der Waals surface area contributed by atoms with E-state index >= 15 is 0 Å². The van der Waals surface area contributed by atoms with Crippen molar-refractivity contribution < 1.29 is 19.4 Å². The summed E-state index contributed by atoms with van der Waals surface area (Å²) in [5, 5.41) is 10.7. The number of aromatic amines is 1. The number of aliphatic hydroxyl groups excluding tert-OH is 1. The molecule has 0 saturated heterocycles. The fourth-order valence-corrected chi connectivity index (χ4v) is 1.83. The molecule has 1 atom stereocenters. The highest BCUT2D eigenvalue weighted by atomic mass is 16.5. The number of carbonyl (C=O) groups is 1. The first-order valence-corrected chi connectivity index (χ1v) is 5.67. The monoisotopic (exact) mass is 249 g/mol. The first kappa shape index (κ1) is 12.4. The molecule has 5 nitrogen and oxygen atoms in total. The maximum Gasteiger partial charge on any atom is 0.339 e. The Bertz CT molecular complexity index is 561. The third kappa shape index (κ3) is 2.17. The van der Waals surface area contributed by atoms with Crippen LogP contribution in [0.1, 0.15) is 18.6 Å². The van der Waals surface area contributed by atoms with Gasteiger partial charge in [-0.3, -0.25) is 0 Å². The summed E-state index contributed by atoms with van der Waals surface area (Å²) in [6, 6.07) is 5.37. The molecular formula is C13H15NO4. The van der Waals surface area contributed by atoms with Gasteiger partial charge in [-0.15, -0.1) is 0 Å². The molecule has 0 unspecified atom stereocenters. The summed E-state index contributed by atoms with van der Waals surface area (Å²) >= 11 is 0. The largest absolute Gasteiger partial charge is 0.497 e. The van der Waals surface area contributed by atoms with E-state index in [2.05, 4.69) is 4.98 Å². The zero-order valence-corrected chi connectivity index (χ0v) is 10.3. The van der Waals surface area contributed by atoms with Gasteiger partial charge in [-0.2, -0.15) is 0 Å². The molecule has 1 heterocycles. The Morgan fingerprint density at radius 3 is 2.94 bits per heavy atom. The third-order valence-electron chi connectivity index (χ3n) is 2.73. The van der Waals surface area contributed by atoms with E-state index in [0.29, 0.717) is 11.3 Å². The topological polar surface area (TPSA) is 71.5 Å². The molecule has 0 aliphatic carbocycles. The van der Waals surface area contributed by atoms with Gasteiger partial charge in [0.15, 0.2) is 6.10 Å². The van der Waals surface area contributed by atoms with E-state index in [1.165, 1.54) is 0 Å². The maximum atomic E-state index is 11.5. The van der Waals surface area contributed by atoms with Crippen LogP contribution in [0.3, 0.4) is 0 Å². The smallest absolute Gasteiger partial charge is 0.339 e. The van der Waals surface area contributed by atoms with Crippen molar-refractivity contribution in [2.75, 3.05) is 13.7 Å². The number of carbonyl (C=O) groups excluding carboxylic acids is 1. The quantitative estimate of drug-likeness (QED) is 0.810. The molecule has 0 aliphatic heterocycles. The molecule has 0 radical (unpaired) electrons. The van der Waals surface area contributed by atoms with Gasteiger partial charge in [0.25, 0.3) is 0 Å². The summed E-state index contributed by atoms with van der Waals surface area (Å²) in [6.45, 7) is 1.94. The summed E-state index contributed by atoms with van der Waals surface area (Å²) in [4.78, 5) is 14.5. The Kier molecular flexibility index (Phi) is 3.53. The summed E-state index contributed by atoms with van der Waals surface area (Å²) in [5.41, 5.74) is 1.30. The summed E-state index contributed by atoms with van der Waals surface area (Å²) < 4.78 is 9.90. The van der Waals surface area contributed by atoms with Crippen LogP contribution in [0.4, 0.5) is 0 Å². The van der Waals surface area contributed by atoms with Crippen molar-refractivity contribution in [1.29, 1.82) is 0 Å². The van der Waals surface area contributed by atoms with Crippen LogP contribution < -0.4 is 4.74 Å². The molecule has 18 heavy (non-hydrogen) atoms. The second-order valence-electron chi connectivity index (χ2n) is 3.81. The molecular weight excluding hydrogens is 234 g/mol. The van der Waals surface area contributed by atoms with Crippen LogP contribution in [0.25, 0.3) is 10.9 Å². The van der Waals surface area contributed by atoms with Crippen LogP contribution in [-0.4, -0.2) is 29.8 Å². The van der Waals surface area contributed by atoms with Crippen molar-refractivity contribution in [3.8, 4) is 5.75 Å². The van der Waals surface area contributed by atoms with Gasteiger partial charge in [-0.25, -0.2) is 4.79 Å². The van der Waals surface area contributed by atoms with E-state index in [0.717, 1.165) is 10.9 Å². The van der Waals surface area contributed by atoms with Gasteiger partial charge in [0.1, 0.15) is 5.75 Å². The highest BCUT2D eigenvalue weighted by Gasteiger charge is 2.21. The molecule has 2 N–H and O–H groups in total. The van der Waals surface area contributed by atoms with Crippen molar-refractivity contribution >= 4 is 16.9 Å². The number of rotatable bonds is 4. The molecule has 96 valence electrons. The molecule has 0 saturated carbocycles. The lowest BCUT2D eigenvalue weighted by molar-refractivity contribution is -0.153. The Morgan fingerprint density at radius 1 is 1.50 bits per heavy atom. The second kappa shape index (κ2) is 5.10. The molecule has 5 heteroatoms. The van der Waals surface area contributed by atoms with E-state index in [9.17, 15) is 9.90 Å². The van der Waals surface area contributed by atoms with E-state index < -0.39 is 12.1 Å². The average molecular weight is 249 g/mol. The maximum absolute atomic E-state index is 11.5. The highest BCUT2D eigenvalue weighted by molar-refractivity contribution is 5.89. The van der Waals surface area contributed by atoms with Crippen LogP contribution >= 0.6 is 0 Å². The Hall–Kier alpha value is -2.01. The van der Waals surface area contributed by atoms with E-state index in [-0.39, 0.29) is 6.61 Å². The average Bonchev–Trinajstić information content (AvgIpc) is 2.80. The van der Waals surface area contributed by atoms with Gasteiger partial charge in [-0.1, -0.05) is 0 Å². The fraction of sp³-hybridized carbons (Fsp3) is 0.308. The van der Waals surface area contributed by atoms with E-state index in [4.69, 9.17) is 9.47 Å². The minimum Gasteiger partial charge on any atom is -0.497 e. The molecule has 0 amide bonds. The lowest BCUT2D eigenvalue weighted by Gasteiger charge is -2.08. The fourth-order valence-electron chi connectivity index (χ4n) is 1.83. The van der Waals surface area contributed by atoms with Crippen molar-refractivity contribution in [2.24, 2.45) is 0 Å². The first-order valence-electron chi connectivity index (χ1n) is 5.67. The molecule has 2 rings (SSSR count). The van der Waals surface area contributed by atoms with Crippen LogP contribution in [0.5, 0.6) is 5.75 Å². The zero-order valence-electron chi connectivity index (χ0n) is 10.3. The lowest BCUT2D eigenvalue weighted by atomic mass is 10.1. The second-order valence-corrected chi connectivity index (χ2v) is 3.81. The van der Waals surface area contributed by atoms with Gasteiger partial charge in [0.2, 0.25) is 0 Å². The van der Waals surface area contributed by atoms with Gasteiger partial charge < -0.3 is 19.6 Å². The molecule has 1 aromatic carbocycles. The summed E-state index contributed by atoms with van der Waals surface area (Å²) in [7, 11) is 1.58. The number of aliphatic hydroxyl groups is 1. The first-order chi connectivity index (χ1) is 8.67. The van der Waals surface area contributed by atoms with Gasteiger partial charge in [0, 0.05) is 28.7 Å². The predicted octanol–water partition coefficient (Wildman–Crippen LogP) is 1.77. The minimum atomic E-state index is -1.27. The number of H-pyrrole nitrogens is 1. The van der Waals surface area contributed by atoms with Crippen LogP contribution in [0.15, 0.2) is 24.4 Å². The number of ether oxygens (including phenoxy) is 2. The van der Waals surface area contributed by atoms with Crippen LogP contribution in [-0.2, 0) is 9.53 Å². The molecule has 1 aromatic heterocycles. The highest BCUT2D eigenvalue weighted by Crippen LogP contribution is 2.27. The molecule has 0 spiro atoms. The summed E-state index contributed by atoms with van der Waals surface area (Å²) in [6.07, 6.45) is 0.332. The molecule has 0 fully saturated rings. The number of hydrogen-bond acceptors (Lipinski definition) is 4. The Balaban J connectivity index is 2.37. The Morgan fingerprint density at radius 2 is 2.28 bits per heavy atom. The van der Waals surface area contributed by atoms with Crippen molar-refractivity contribution in [2.45, 2.75) is 13.0 Å². The number of benzene rings is 1. The third-order valence-corrected chi connectivity index (χ3v) is 2.73. The van der Waals surface area contributed by atoms with Crippen LogP contribution in [0, 0.1) is 0 Å². The standard InChI is InChI=1S/C13H15NO4/c1-3-18-13(16)12(15)10-7-14-11-6-8(17-2)4-5-9(10)11/h4-7,12,14-15H,3H2,1-2H3/t12-/m1/s1. The number of hydrogen-bond donors (Lipinski definition) is 2. The summed E-state index contributed by atoms with van der Waals surface area (Å²) in [5.74, 6) is 0.0655. The van der Waals surface area contributed by atoms with E-state index in [1.54, 1.807) is 38.4 Å². The predicted molar refractivity (Wildman–Crippen MR) is 66.4 cm³/mol. The van der Waals surface area contributed by atoms with Gasteiger partial charge in [-0.05, 0) is 19.1 Å². The Labute approximate surface area is 104 Å². The van der Waals surface area contributed by atoms with Crippen molar-refractivity contribution in [1.82, 2.24) is 4.98 Å². The number of methoxy groups -OCH3 is 1. The normalized spacial score (nSPS) is 12.4. The van der Waals surface area contributed by atoms with Gasteiger partial charge >= 0.3 is 5.97 Å². The zero-order chi connectivity index (χ0) is 13.1. The molecule has 0 aliphatic rings. The number of aromatic nitrogens is 1. The number of esters is 1. The number of fused-ring (bicyclic) bond motifs is 1. The van der Waals surface area contributed by atoms with Crippen molar-refractivity contribution in [3.05, 3.63) is 30.0 Å². The number of nitrogens with one attached hydrogen (secondary N) is 1. The minimum absolute atomic E-state index is 0.242. The van der Waals surface area contributed by atoms with E-state index in [1.807, 2.05) is 0 Å². The molecule has 2 aromatic rings. The molecule has 0 bridgehead atoms.